The summed E-state index contributed by atoms with van der Waals surface area (Å²) in [5, 5.41) is 14.5. The number of pyridine rings is 2. The molecule has 11 heteroatoms. The summed E-state index contributed by atoms with van der Waals surface area (Å²) in [5.74, 6) is 0.0231. The van der Waals surface area contributed by atoms with Crippen molar-refractivity contribution in [1.29, 1.82) is 0 Å². The maximum absolute atomic E-state index is 13.6. The zero-order chi connectivity index (χ0) is 28.6. The Morgan fingerprint density at radius 2 is 1.98 bits per heavy atom. The molecule has 2 aromatic heterocycles. The maximum atomic E-state index is 13.6. The van der Waals surface area contributed by atoms with Gasteiger partial charge in [-0.3, -0.25) is 10.1 Å². The van der Waals surface area contributed by atoms with E-state index >= 15 is 0 Å². The molecule has 210 valence electrons. The number of nitrogens with one attached hydrogen (secondary N) is 1. The lowest BCUT2D eigenvalue weighted by molar-refractivity contribution is -0.169. The van der Waals surface area contributed by atoms with E-state index in [1.807, 2.05) is 0 Å². The number of aromatic nitrogens is 2. The summed E-state index contributed by atoms with van der Waals surface area (Å²) in [6, 6.07) is 3.43. The summed E-state index contributed by atoms with van der Waals surface area (Å²) in [5.41, 5.74) is 1.25. The largest absolute Gasteiger partial charge is 0.458 e. The minimum absolute atomic E-state index is 0.00575. The Balaban J connectivity index is 1.60. The molecular formula is C29H31N3O8. The van der Waals surface area contributed by atoms with Gasteiger partial charge in [0.25, 0.3) is 5.56 Å². The van der Waals surface area contributed by atoms with Gasteiger partial charge in [0.2, 0.25) is 6.79 Å². The zero-order valence-corrected chi connectivity index (χ0v) is 23.1. The average Bonchev–Trinajstić information content (AvgIpc) is 3.48. The predicted octanol–water partition coefficient (Wildman–Crippen LogP) is 4.11. The van der Waals surface area contributed by atoms with Crippen LogP contribution < -0.4 is 20.3 Å². The third-order valence-corrected chi connectivity index (χ3v) is 7.46. The van der Waals surface area contributed by atoms with E-state index in [-0.39, 0.29) is 36.6 Å². The Bertz CT molecular complexity index is 1670. The Labute approximate surface area is 230 Å². The molecule has 3 aromatic rings. The lowest BCUT2D eigenvalue weighted by Gasteiger charge is -2.29. The van der Waals surface area contributed by atoms with Gasteiger partial charge in [-0.25, -0.2) is 14.6 Å². The van der Waals surface area contributed by atoms with Crippen molar-refractivity contribution in [1.82, 2.24) is 9.55 Å². The normalized spacial score (nSPS) is 18.7. The van der Waals surface area contributed by atoms with Crippen molar-refractivity contribution in [3.8, 4) is 22.9 Å². The number of carbonyl (C=O) groups is 2. The van der Waals surface area contributed by atoms with E-state index in [0.29, 0.717) is 45.9 Å². The predicted molar refractivity (Wildman–Crippen MR) is 144 cm³/mol. The molecule has 1 aromatic carbocycles. The Morgan fingerprint density at radius 3 is 2.70 bits per heavy atom. The summed E-state index contributed by atoms with van der Waals surface area (Å²) >= 11 is 0. The first kappa shape index (κ1) is 26.1. The van der Waals surface area contributed by atoms with E-state index in [0.717, 1.165) is 24.0 Å². The number of amides is 1. The zero-order valence-electron chi connectivity index (χ0n) is 23.1. The molecule has 0 bridgehead atoms. The maximum Gasteiger partial charge on any atom is 0.412 e. The minimum atomic E-state index is -1.95. The highest BCUT2D eigenvalue weighted by Gasteiger charge is 2.43. The second-order valence-electron chi connectivity index (χ2n) is 11.5. The molecule has 0 fully saturated rings. The van der Waals surface area contributed by atoms with Gasteiger partial charge in [-0.15, -0.1) is 0 Å². The topological polar surface area (TPSA) is 138 Å². The molecule has 1 atom stereocenters. The van der Waals surface area contributed by atoms with E-state index in [2.05, 4.69) is 12.2 Å². The number of anilines is 1. The Morgan fingerprint density at radius 1 is 1.20 bits per heavy atom. The molecule has 0 saturated heterocycles. The molecule has 6 rings (SSSR count). The lowest BCUT2D eigenvalue weighted by Crippen LogP contribution is -2.42. The van der Waals surface area contributed by atoms with E-state index in [4.69, 9.17) is 23.9 Å². The van der Waals surface area contributed by atoms with Crippen LogP contribution in [0.1, 0.15) is 69.7 Å². The van der Waals surface area contributed by atoms with Gasteiger partial charge in [0.1, 0.15) is 17.9 Å². The monoisotopic (exact) mass is 549 g/mol. The van der Waals surface area contributed by atoms with Crippen LogP contribution in [0.25, 0.3) is 22.3 Å². The number of hydrogen-bond acceptors (Lipinski definition) is 9. The standard InChI is InChI=1S/C29H31N3O8/c1-6-7-8-14-15-11-32-19(9-17-16(25(32)33)12-37-26(34)29(17,5)36)22(15)30-18-10-20-24(39-13-38-20)23(21(14)18)31-27(35)40-28(2,3)4/h9-10,36H,6-8,11-13H2,1-5H3,(H,31,35)/t29-/m0/s1. The third kappa shape index (κ3) is 3.98. The number of rotatable bonds is 4. The van der Waals surface area contributed by atoms with Crippen LogP contribution in [0.3, 0.4) is 0 Å². The van der Waals surface area contributed by atoms with Crippen LogP contribution in [0, 0.1) is 0 Å². The van der Waals surface area contributed by atoms with Crippen molar-refractivity contribution in [3.63, 3.8) is 0 Å². The van der Waals surface area contributed by atoms with Gasteiger partial charge in [0.05, 0.1) is 29.0 Å². The fourth-order valence-corrected chi connectivity index (χ4v) is 5.60. The summed E-state index contributed by atoms with van der Waals surface area (Å²) in [7, 11) is 0. The number of ether oxygens (including phenoxy) is 4. The third-order valence-electron chi connectivity index (χ3n) is 7.46. The van der Waals surface area contributed by atoms with E-state index in [1.165, 1.54) is 6.92 Å². The molecule has 1 amide bonds. The van der Waals surface area contributed by atoms with E-state index < -0.39 is 23.3 Å². The molecule has 2 N–H and O–H groups in total. The number of benzene rings is 1. The van der Waals surface area contributed by atoms with Crippen LogP contribution >= 0.6 is 0 Å². The summed E-state index contributed by atoms with van der Waals surface area (Å²) < 4.78 is 23.7. The van der Waals surface area contributed by atoms with Crippen LogP contribution in [0.5, 0.6) is 11.5 Å². The van der Waals surface area contributed by atoms with E-state index in [9.17, 15) is 19.5 Å². The minimum Gasteiger partial charge on any atom is -0.458 e. The number of esters is 1. The van der Waals surface area contributed by atoms with Crippen LogP contribution in [0.2, 0.25) is 0 Å². The molecule has 40 heavy (non-hydrogen) atoms. The first-order chi connectivity index (χ1) is 18.9. The first-order valence-corrected chi connectivity index (χ1v) is 13.4. The second-order valence-corrected chi connectivity index (χ2v) is 11.5. The summed E-state index contributed by atoms with van der Waals surface area (Å²) in [4.78, 5) is 43.8. The SMILES string of the molecule is CCCCc1c2c(nc3cc4c(c(NC(=O)OC(C)(C)C)c13)OCO4)-c1cc3c(c(=O)n1C2)COC(=O)[C@@]3(C)O. The number of hydrogen-bond donors (Lipinski definition) is 2. The number of carbonyl (C=O) groups excluding carboxylic acids is 2. The number of aryl methyl sites for hydroxylation is 1. The first-order valence-electron chi connectivity index (χ1n) is 13.4. The number of nitrogens with zero attached hydrogens (tertiary/aromatic N) is 2. The lowest BCUT2D eigenvalue weighted by atomic mass is 9.89. The quantitative estimate of drug-likeness (QED) is 0.360. The fraction of sp³-hybridized carbons (Fsp3) is 0.448. The summed E-state index contributed by atoms with van der Waals surface area (Å²) in [6.45, 7) is 8.80. The van der Waals surface area contributed by atoms with Gasteiger partial charge < -0.3 is 28.6 Å². The van der Waals surface area contributed by atoms with Crippen molar-refractivity contribution in [2.24, 2.45) is 0 Å². The van der Waals surface area contributed by atoms with Crippen LogP contribution in [-0.4, -0.2) is 39.1 Å². The Kier molecular flexibility index (Phi) is 5.85. The van der Waals surface area contributed by atoms with E-state index in [1.54, 1.807) is 37.5 Å². The molecule has 0 radical (unpaired) electrons. The molecule has 0 unspecified atom stereocenters. The number of fused-ring (bicyclic) bond motifs is 6. The number of aliphatic hydroxyl groups is 1. The number of cyclic esters (lactones) is 1. The van der Waals surface area contributed by atoms with Crippen LogP contribution in [0.4, 0.5) is 10.5 Å². The molecular weight excluding hydrogens is 518 g/mol. The van der Waals surface area contributed by atoms with Crippen molar-refractivity contribution >= 4 is 28.7 Å². The van der Waals surface area contributed by atoms with Gasteiger partial charge in [-0.2, -0.15) is 0 Å². The molecule has 0 aliphatic carbocycles. The van der Waals surface area contributed by atoms with Crippen molar-refractivity contribution < 1.29 is 33.6 Å². The summed E-state index contributed by atoms with van der Waals surface area (Å²) in [6.07, 6.45) is 1.78. The van der Waals surface area contributed by atoms with Crippen molar-refractivity contribution in [2.45, 2.75) is 78.2 Å². The van der Waals surface area contributed by atoms with Gasteiger partial charge in [-0.1, -0.05) is 13.3 Å². The molecule has 3 aliphatic rings. The highest BCUT2D eigenvalue weighted by atomic mass is 16.7. The highest BCUT2D eigenvalue weighted by molar-refractivity contribution is 6.06. The molecule has 5 heterocycles. The van der Waals surface area contributed by atoms with Crippen LogP contribution in [0.15, 0.2) is 16.9 Å². The average molecular weight is 550 g/mol. The fourth-order valence-electron chi connectivity index (χ4n) is 5.60. The highest BCUT2D eigenvalue weighted by Crippen LogP contribution is 2.48. The Hall–Kier alpha value is -4.12. The molecule has 0 spiro atoms. The van der Waals surface area contributed by atoms with Crippen molar-refractivity contribution in [3.05, 3.63) is 44.7 Å². The van der Waals surface area contributed by atoms with Gasteiger partial charge in [0, 0.05) is 22.6 Å². The number of unbranched alkanes of at least 4 members (excludes halogenated alkanes) is 1. The second kappa shape index (κ2) is 8.95. The molecule has 11 nitrogen and oxygen atoms in total. The van der Waals surface area contributed by atoms with Gasteiger partial charge >= 0.3 is 12.1 Å². The van der Waals surface area contributed by atoms with Gasteiger partial charge in [-0.05, 0) is 52.2 Å². The molecule has 0 saturated carbocycles. The van der Waals surface area contributed by atoms with Crippen molar-refractivity contribution in [2.75, 3.05) is 12.1 Å². The van der Waals surface area contributed by atoms with Gasteiger partial charge in [0.15, 0.2) is 17.1 Å². The molecule has 3 aliphatic heterocycles. The smallest absolute Gasteiger partial charge is 0.412 e. The van der Waals surface area contributed by atoms with Crippen LogP contribution in [-0.2, 0) is 39.4 Å².